The summed E-state index contributed by atoms with van der Waals surface area (Å²) in [5.41, 5.74) is 5.67. The largest absolute Gasteiger partial charge is 0.350 e. The smallest absolute Gasteiger partial charge is 0.220 e. The van der Waals surface area contributed by atoms with Crippen LogP contribution in [0.15, 0.2) is 6.07 Å². The van der Waals surface area contributed by atoms with E-state index in [1.54, 1.807) is 4.68 Å². The fourth-order valence-electron chi connectivity index (χ4n) is 3.10. The number of hydrogen-bond acceptors (Lipinski definition) is 3. The average molecular weight is 301 g/mol. The molecule has 0 saturated heterocycles. The van der Waals surface area contributed by atoms with Gasteiger partial charge in [0.2, 0.25) is 5.91 Å². The molecule has 1 amide bonds. The molecule has 2 aromatic rings. The van der Waals surface area contributed by atoms with Crippen LogP contribution >= 0.6 is 0 Å². The molecule has 0 fully saturated rings. The quantitative estimate of drug-likeness (QED) is 0.880. The van der Waals surface area contributed by atoms with Gasteiger partial charge in [-0.05, 0) is 44.2 Å². The second-order valence-electron chi connectivity index (χ2n) is 6.01. The van der Waals surface area contributed by atoms with Crippen LogP contribution < -0.4 is 5.32 Å². The van der Waals surface area contributed by atoms with Gasteiger partial charge in [0.25, 0.3) is 0 Å². The number of aromatic amines is 1. The van der Waals surface area contributed by atoms with Crippen LogP contribution in [0.3, 0.4) is 0 Å². The first kappa shape index (κ1) is 14.8. The van der Waals surface area contributed by atoms with E-state index in [2.05, 4.69) is 20.6 Å². The lowest BCUT2D eigenvalue weighted by molar-refractivity contribution is -0.121. The molecule has 0 bridgehead atoms. The Morgan fingerprint density at radius 1 is 1.41 bits per heavy atom. The Morgan fingerprint density at radius 3 is 3.00 bits per heavy atom. The molecule has 0 unspecified atom stereocenters. The van der Waals surface area contributed by atoms with Crippen molar-refractivity contribution in [3.8, 4) is 0 Å². The maximum absolute atomic E-state index is 12.0. The summed E-state index contributed by atoms with van der Waals surface area (Å²) in [6.07, 6.45) is 5.84. The lowest BCUT2D eigenvalue weighted by atomic mass is 9.95. The Hall–Kier alpha value is -2.11. The highest BCUT2D eigenvalue weighted by Gasteiger charge is 2.17. The molecule has 2 N–H and O–H groups in total. The summed E-state index contributed by atoms with van der Waals surface area (Å²) in [6, 6.07) is 1.99. The summed E-state index contributed by atoms with van der Waals surface area (Å²) >= 11 is 0. The lowest BCUT2D eigenvalue weighted by Crippen LogP contribution is -2.24. The topological polar surface area (TPSA) is 75.6 Å². The van der Waals surface area contributed by atoms with Gasteiger partial charge in [-0.2, -0.15) is 10.2 Å². The molecule has 0 spiro atoms. The predicted octanol–water partition coefficient (Wildman–Crippen LogP) is 1.58. The SMILES string of the molecule is Cc1cc(CNC(=O)CCc2n[nH]c3c2CCCC3)n(C)n1. The third-order valence-electron chi connectivity index (χ3n) is 4.30. The normalized spacial score (nSPS) is 13.9. The third-order valence-corrected chi connectivity index (χ3v) is 4.30. The van der Waals surface area contributed by atoms with Crippen LogP contribution in [0.25, 0.3) is 0 Å². The van der Waals surface area contributed by atoms with Crippen LogP contribution in [0.4, 0.5) is 0 Å². The molecule has 0 atom stereocenters. The zero-order valence-corrected chi connectivity index (χ0v) is 13.3. The molecule has 3 rings (SSSR count). The number of hydrogen-bond donors (Lipinski definition) is 2. The van der Waals surface area contributed by atoms with Gasteiger partial charge in [-0.25, -0.2) is 0 Å². The van der Waals surface area contributed by atoms with Crippen LogP contribution in [0.5, 0.6) is 0 Å². The van der Waals surface area contributed by atoms with E-state index in [1.807, 2.05) is 20.0 Å². The van der Waals surface area contributed by atoms with Gasteiger partial charge in [0.15, 0.2) is 0 Å². The number of amides is 1. The second-order valence-corrected chi connectivity index (χ2v) is 6.01. The monoisotopic (exact) mass is 301 g/mol. The van der Waals surface area contributed by atoms with Crippen molar-refractivity contribution in [3.63, 3.8) is 0 Å². The summed E-state index contributed by atoms with van der Waals surface area (Å²) in [5, 5.41) is 14.7. The van der Waals surface area contributed by atoms with Crippen molar-refractivity contribution in [1.29, 1.82) is 0 Å². The minimum atomic E-state index is 0.0615. The molecule has 0 saturated carbocycles. The average Bonchev–Trinajstić information content (AvgIpc) is 3.06. The van der Waals surface area contributed by atoms with Crippen LogP contribution in [-0.2, 0) is 37.6 Å². The third kappa shape index (κ3) is 3.21. The van der Waals surface area contributed by atoms with E-state index in [0.29, 0.717) is 19.4 Å². The van der Waals surface area contributed by atoms with Crippen molar-refractivity contribution in [2.24, 2.45) is 7.05 Å². The van der Waals surface area contributed by atoms with Crippen molar-refractivity contribution in [2.45, 2.75) is 52.0 Å². The first-order valence-corrected chi connectivity index (χ1v) is 7.94. The molecule has 22 heavy (non-hydrogen) atoms. The minimum Gasteiger partial charge on any atom is -0.350 e. The van der Waals surface area contributed by atoms with Gasteiger partial charge in [0, 0.05) is 25.6 Å². The number of aryl methyl sites for hydroxylation is 4. The molecule has 2 heterocycles. The van der Waals surface area contributed by atoms with Gasteiger partial charge in [-0.1, -0.05) is 0 Å². The maximum atomic E-state index is 12.0. The number of carbonyl (C=O) groups excluding carboxylic acids is 1. The number of aromatic nitrogens is 4. The van der Waals surface area contributed by atoms with Gasteiger partial charge in [-0.15, -0.1) is 0 Å². The van der Waals surface area contributed by atoms with Crippen LogP contribution in [0, 0.1) is 6.92 Å². The van der Waals surface area contributed by atoms with E-state index >= 15 is 0 Å². The Labute approximate surface area is 130 Å². The van der Waals surface area contributed by atoms with Gasteiger partial charge in [-0.3, -0.25) is 14.6 Å². The Bertz CT molecular complexity index is 670. The van der Waals surface area contributed by atoms with Crippen molar-refractivity contribution < 1.29 is 4.79 Å². The molecule has 118 valence electrons. The van der Waals surface area contributed by atoms with Crippen LogP contribution in [0.1, 0.15) is 47.6 Å². The summed E-state index contributed by atoms with van der Waals surface area (Å²) in [5.74, 6) is 0.0615. The van der Waals surface area contributed by atoms with E-state index in [0.717, 1.165) is 29.9 Å². The highest BCUT2D eigenvalue weighted by Crippen LogP contribution is 2.22. The molecular weight excluding hydrogens is 278 g/mol. The van der Waals surface area contributed by atoms with Crippen molar-refractivity contribution in [3.05, 3.63) is 34.4 Å². The fraction of sp³-hybridized carbons (Fsp3) is 0.562. The lowest BCUT2D eigenvalue weighted by Gasteiger charge is -2.11. The zero-order valence-electron chi connectivity index (χ0n) is 13.3. The Balaban J connectivity index is 1.50. The van der Waals surface area contributed by atoms with Gasteiger partial charge in [0.1, 0.15) is 0 Å². The van der Waals surface area contributed by atoms with E-state index in [-0.39, 0.29) is 5.91 Å². The Kier molecular flexibility index (Phi) is 4.27. The molecule has 6 nitrogen and oxygen atoms in total. The van der Waals surface area contributed by atoms with E-state index in [1.165, 1.54) is 24.1 Å². The predicted molar refractivity (Wildman–Crippen MR) is 83.3 cm³/mol. The van der Waals surface area contributed by atoms with Gasteiger partial charge < -0.3 is 5.32 Å². The van der Waals surface area contributed by atoms with E-state index < -0.39 is 0 Å². The second kappa shape index (κ2) is 6.34. The van der Waals surface area contributed by atoms with E-state index in [4.69, 9.17) is 0 Å². The summed E-state index contributed by atoms with van der Waals surface area (Å²) in [4.78, 5) is 12.0. The number of rotatable bonds is 5. The van der Waals surface area contributed by atoms with Gasteiger partial charge >= 0.3 is 0 Å². The number of nitrogens with one attached hydrogen (secondary N) is 2. The summed E-state index contributed by atoms with van der Waals surface area (Å²) in [7, 11) is 1.89. The first-order chi connectivity index (χ1) is 10.6. The van der Waals surface area contributed by atoms with Crippen LogP contribution in [-0.4, -0.2) is 25.9 Å². The van der Waals surface area contributed by atoms with Crippen molar-refractivity contribution >= 4 is 5.91 Å². The number of carbonyl (C=O) groups is 1. The van der Waals surface area contributed by atoms with Gasteiger partial charge in [0.05, 0.1) is 23.6 Å². The summed E-state index contributed by atoms with van der Waals surface area (Å²) < 4.78 is 1.81. The molecule has 0 aromatic carbocycles. The molecule has 2 aromatic heterocycles. The first-order valence-electron chi connectivity index (χ1n) is 7.94. The highest BCUT2D eigenvalue weighted by atomic mass is 16.1. The standard InChI is InChI=1S/C16H23N5O/c1-11-9-12(21(2)20-11)10-17-16(22)8-7-15-13-5-3-4-6-14(13)18-19-15/h9H,3-8,10H2,1-2H3,(H,17,22)(H,18,19). The van der Waals surface area contributed by atoms with Crippen molar-refractivity contribution in [1.82, 2.24) is 25.3 Å². The number of nitrogens with zero attached hydrogens (tertiary/aromatic N) is 3. The summed E-state index contributed by atoms with van der Waals surface area (Å²) in [6.45, 7) is 2.47. The molecule has 1 aliphatic rings. The molecular formula is C16H23N5O. The van der Waals surface area contributed by atoms with Crippen molar-refractivity contribution in [2.75, 3.05) is 0 Å². The maximum Gasteiger partial charge on any atom is 0.220 e. The van der Waals surface area contributed by atoms with Crippen LogP contribution in [0.2, 0.25) is 0 Å². The van der Waals surface area contributed by atoms with E-state index in [9.17, 15) is 4.79 Å². The Morgan fingerprint density at radius 2 is 2.23 bits per heavy atom. The molecule has 0 radical (unpaired) electrons. The highest BCUT2D eigenvalue weighted by molar-refractivity contribution is 5.76. The number of H-pyrrole nitrogens is 1. The molecule has 1 aliphatic carbocycles. The molecule has 0 aliphatic heterocycles. The zero-order chi connectivity index (χ0) is 15.5. The number of fused-ring (bicyclic) bond motifs is 1. The fourth-order valence-corrected chi connectivity index (χ4v) is 3.10. The minimum absolute atomic E-state index is 0.0615. The molecule has 6 heteroatoms.